The Balaban J connectivity index is 2.23. The Morgan fingerprint density at radius 2 is 1.58 bits per heavy atom. The lowest BCUT2D eigenvalue weighted by molar-refractivity contribution is 0.0366. The fourth-order valence-electron chi connectivity index (χ4n) is 3.32. The minimum absolute atomic E-state index is 0.220. The Bertz CT molecular complexity index is 479. The van der Waals surface area contributed by atoms with E-state index >= 15 is 0 Å². The second kappa shape index (κ2) is 9.27. The van der Waals surface area contributed by atoms with Crippen LogP contribution in [0.15, 0.2) is 30.8 Å². The highest BCUT2D eigenvalue weighted by atomic mass is 16.5. The number of benzene rings is 1. The van der Waals surface area contributed by atoms with E-state index in [-0.39, 0.29) is 11.1 Å². The number of ether oxygens (including phenoxy) is 1. The third-order valence-electron chi connectivity index (χ3n) is 4.26. The average molecular weight is 332 g/mol. The first-order valence-corrected chi connectivity index (χ1v) is 9.27. The highest BCUT2D eigenvalue weighted by Crippen LogP contribution is 2.25. The molecule has 0 aromatic heterocycles. The lowest BCUT2D eigenvalue weighted by atomic mass is 9.95. The Kier molecular flexibility index (Phi) is 8.02. The first-order chi connectivity index (χ1) is 11.1. The number of nitrogens with zero attached hydrogens (tertiary/aromatic N) is 1. The number of hydrogen-bond acceptors (Lipinski definition) is 2. The molecule has 2 heteroatoms. The maximum Gasteiger partial charge on any atom is 0.119 e. The number of hydrogen-bond donors (Lipinski definition) is 0. The quantitative estimate of drug-likeness (QED) is 0.502. The van der Waals surface area contributed by atoms with Crippen LogP contribution in [-0.2, 0) is 0 Å². The molecule has 0 N–H and O–H groups in total. The van der Waals surface area contributed by atoms with Crippen molar-refractivity contribution in [3.8, 4) is 5.75 Å². The maximum atomic E-state index is 5.83. The molecule has 2 nitrogen and oxygen atoms in total. The molecule has 0 unspecified atom stereocenters. The number of rotatable bonds is 9. The zero-order chi connectivity index (χ0) is 18.2. The second-order valence-corrected chi connectivity index (χ2v) is 8.53. The van der Waals surface area contributed by atoms with Crippen LogP contribution in [0.3, 0.4) is 0 Å². The first-order valence-electron chi connectivity index (χ1n) is 9.27. The summed E-state index contributed by atoms with van der Waals surface area (Å²) in [6, 6.07) is 8.10. The maximum absolute atomic E-state index is 5.83. The van der Waals surface area contributed by atoms with E-state index in [0.29, 0.717) is 0 Å². The van der Waals surface area contributed by atoms with Gasteiger partial charge in [-0.2, -0.15) is 0 Å². The average Bonchev–Trinajstić information content (AvgIpc) is 2.47. The molecule has 0 aliphatic heterocycles. The molecule has 1 rings (SSSR count). The van der Waals surface area contributed by atoms with Gasteiger partial charge in [0.25, 0.3) is 0 Å². The van der Waals surface area contributed by atoms with E-state index in [9.17, 15) is 0 Å². The van der Waals surface area contributed by atoms with Crippen LogP contribution >= 0.6 is 0 Å². The minimum atomic E-state index is 0.220. The SMILES string of the molecule is C=Cc1cccc(OCCCCCCN(C(C)(C)C)C(C)(C)C)c1. The van der Waals surface area contributed by atoms with Crippen LogP contribution in [0, 0.1) is 0 Å². The van der Waals surface area contributed by atoms with Crippen LogP contribution in [-0.4, -0.2) is 29.1 Å². The van der Waals surface area contributed by atoms with Crippen molar-refractivity contribution in [1.29, 1.82) is 0 Å². The van der Waals surface area contributed by atoms with E-state index < -0.39 is 0 Å². The van der Waals surface area contributed by atoms with Crippen LogP contribution in [0.25, 0.3) is 6.08 Å². The largest absolute Gasteiger partial charge is 0.494 e. The standard InChI is InChI=1S/C22H37NO/c1-8-19-14-13-15-20(18-19)24-17-12-10-9-11-16-23(21(2,3)4)22(5,6)7/h8,13-15,18H,1,9-12,16-17H2,2-7H3. The topological polar surface area (TPSA) is 12.5 Å². The van der Waals surface area contributed by atoms with E-state index in [1.165, 1.54) is 19.3 Å². The van der Waals surface area contributed by atoms with Crippen molar-refractivity contribution in [2.45, 2.75) is 78.3 Å². The smallest absolute Gasteiger partial charge is 0.119 e. The van der Waals surface area contributed by atoms with E-state index in [2.05, 4.69) is 53.0 Å². The first kappa shape index (κ1) is 20.8. The molecule has 136 valence electrons. The fraction of sp³-hybridized carbons (Fsp3) is 0.636. The Hall–Kier alpha value is -1.28. The molecule has 1 aromatic rings. The van der Waals surface area contributed by atoms with Gasteiger partial charge in [0.15, 0.2) is 0 Å². The van der Waals surface area contributed by atoms with Gasteiger partial charge in [-0.15, -0.1) is 0 Å². The predicted octanol–water partition coefficient (Wildman–Crippen LogP) is 6.17. The molecule has 0 amide bonds. The van der Waals surface area contributed by atoms with Gasteiger partial charge in [0.1, 0.15) is 5.75 Å². The van der Waals surface area contributed by atoms with Crippen LogP contribution in [0.4, 0.5) is 0 Å². The summed E-state index contributed by atoms with van der Waals surface area (Å²) >= 11 is 0. The lowest BCUT2D eigenvalue weighted by Gasteiger charge is -2.45. The van der Waals surface area contributed by atoms with Gasteiger partial charge in [-0.25, -0.2) is 0 Å². The highest BCUT2D eigenvalue weighted by Gasteiger charge is 2.30. The molecule has 0 heterocycles. The summed E-state index contributed by atoms with van der Waals surface area (Å²) in [7, 11) is 0. The second-order valence-electron chi connectivity index (χ2n) is 8.53. The summed E-state index contributed by atoms with van der Waals surface area (Å²) < 4.78 is 5.83. The lowest BCUT2D eigenvalue weighted by Crippen LogP contribution is -2.52. The van der Waals surface area contributed by atoms with Crippen molar-refractivity contribution in [3.05, 3.63) is 36.4 Å². The highest BCUT2D eigenvalue weighted by molar-refractivity contribution is 5.49. The van der Waals surface area contributed by atoms with Crippen molar-refractivity contribution in [1.82, 2.24) is 4.90 Å². The molecular weight excluding hydrogens is 294 g/mol. The van der Waals surface area contributed by atoms with Crippen molar-refractivity contribution in [2.24, 2.45) is 0 Å². The van der Waals surface area contributed by atoms with Crippen LogP contribution in [0.1, 0.15) is 72.8 Å². The fourth-order valence-corrected chi connectivity index (χ4v) is 3.32. The summed E-state index contributed by atoms with van der Waals surface area (Å²) in [5, 5.41) is 0. The van der Waals surface area contributed by atoms with E-state index in [0.717, 1.165) is 30.9 Å². The third kappa shape index (κ3) is 7.53. The van der Waals surface area contributed by atoms with Crippen molar-refractivity contribution in [3.63, 3.8) is 0 Å². The van der Waals surface area contributed by atoms with E-state index in [1.54, 1.807) is 0 Å². The summed E-state index contributed by atoms with van der Waals surface area (Å²) in [6.45, 7) is 19.6. The molecule has 0 aliphatic carbocycles. The molecular formula is C22H37NO. The number of unbranched alkanes of at least 4 members (excludes halogenated alkanes) is 3. The molecule has 0 atom stereocenters. The molecule has 0 spiro atoms. The normalized spacial score (nSPS) is 12.5. The van der Waals surface area contributed by atoms with Gasteiger partial charge in [-0.3, -0.25) is 4.90 Å². The van der Waals surface area contributed by atoms with Gasteiger partial charge in [-0.1, -0.05) is 37.6 Å². The van der Waals surface area contributed by atoms with Crippen molar-refractivity contribution in [2.75, 3.05) is 13.2 Å². The molecule has 0 saturated carbocycles. The monoisotopic (exact) mass is 331 g/mol. The van der Waals surface area contributed by atoms with Gasteiger partial charge in [0, 0.05) is 11.1 Å². The third-order valence-corrected chi connectivity index (χ3v) is 4.26. The zero-order valence-corrected chi connectivity index (χ0v) is 16.7. The molecule has 0 aliphatic rings. The molecule has 0 bridgehead atoms. The predicted molar refractivity (Wildman–Crippen MR) is 107 cm³/mol. The van der Waals surface area contributed by atoms with Gasteiger partial charge >= 0.3 is 0 Å². The van der Waals surface area contributed by atoms with Gasteiger partial charge in [0.05, 0.1) is 6.61 Å². The van der Waals surface area contributed by atoms with Gasteiger partial charge in [-0.05, 0) is 78.6 Å². The summed E-state index contributed by atoms with van der Waals surface area (Å²) in [6.07, 6.45) is 6.70. The van der Waals surface area contributed by atoms with E-state index in [4.69, 9.17) is 4.74 Å². The Labute approximate surface area is 149 Å². The van der Waals surface area contributed by atoms with E-state index in [1.807, 2.05) is 30.3 Å². The summed E-state index contributed by atoms with van der Waals surface area (Å²) in [4.78, 5) is 2.61. The van der Waals surface area contributed by atoms with Crippen LogP contribution in [0.2, 0.25) is 0 Å². The van der Waals surface area contributed by atoms with Crippen molar-refractivity contribution >= 4 is 6.08 Å². The van der Waals surface area contributed by atoms with Crippen LogP contribution in [0.5, 0.6) is 5.75 Å². The summed E-state index contributed by atoms with van der Waals surface area (Å²) in [5.41, 5.74) is 1.55. The van der Waals surface area contributed by atoms with Crippen LogP contribution < -0.4 is 4.74 Å². The molecule has 0 fully saturated rings. The molecule has 0 radical (unpaired) electrons. The zero-order valence-electron chi connectivity index (χ0n) is 16.7. The minimum Gasteiger partial charge on any atom is -0.494 e. The Morgan fingerprint density at radius 1 is 0.958 bits per heavy atom. The Morgan fingerprint density at radius 3 is 2.17 bits per heavy atom. The molecule has 1 aromatic carbocycles. The van der Waals surface area contributed by atoms with Gasteiger partial charge in [0.2, 0.25) is 0 Å². The molecule has 24 heavy (non-hydrogen) atoms. The van der Waals surface area contributed by atoms with Crippen molar-refractivity contribution < 1.29 is 4.74 Å². The van der Waals surface area contributed by atoms with Gasteiger partial charge < -0.3 is 4.74 Å². The molecule has 0 saturated heterocycles. The summed E-state index contributed by atoms with van der Waals surface area (Å²) in [5.74, 6) is 0.944.